The Morgan fingerprint density at radius 1 is 1.06 bits per heavy atom. The summed E-state index contributed by atoms with van der Waals surface area (Å²) in [5.41, 5.74) is 1.92. The van der Waals surface area contributed by atoms with Gasteiger partial charge >= 0.3 is 0 Å². The lowest BCUT2D eigenvalue weighted by Crippen LogP contribution is -2.43. The van der Waals surface area contributed by atoms with Gasteiger partial charge in [0.2, 0.25) is 5.91 Å². The predicted molar refractivity (Wildman–Crippen MR) is 131 cm³/mol. The molecule has 2 aromatic carbocycles. The van der Waals surface area contributed by atoms with Gasteiger partial charge in [0.1, 0.15) is 5.75 Å². The van der Waals surface area contributed by atoms with E-state index in [1.54, 1.807) is 33.3 Å². The quantitative estimate of drug-likeness (QED) is 0.182. The van der Waals surface area contributed by atoms with Gasteiger partial charge in [-0.3, -0.25) is 14.9 Å². The van der Waals surface area contributed by atoms with Crippen LogP contribution in [-0.4, -0.2) is 61.4 Å². The fourth-order valence-electron chi connectivity index (χ4n) is 2.59. The van der Waals surface area contributed by atoms with E-state index in [1.165, 1.54) is 17.0 Å². The number of amides is 1. The zero-order valence-corrected chi connectivity index (χ0v) is 20.4. The van der Waals surface area contributed by atoms with Gasteiger partial charge in [0.05, 0.1) is 25.1 Å². The number of likely N-dealkylation sites (N-methyl/N-ethyl adjacent to an activating group) is 1. The van der Waals surface area contributed by atoms with Crippen molar-refractivity contribution < 1.29 is 14.5 Å². The lowest BCUT2D eigenvalue weighted by atomic mass is 10.2. The SMILES string of the molecule is COc1ccc(CN(C)C(=NCc2ccc([N+](=O)[O-])cc2)NCC(=O)N(C)C)cc1.I. The van der Waals surface area contributed by atoms with E-state index in [1.807, 2.05) is 36.2 Å². The van der Waals surface area contributed by atoms with Crippen molar-refractivity contribution in [1.82, 2.24) is 15.1 Å². The molecule has 0 fully saturated rings. The summed E-state index contributed by atoms with van der Waals surface area (Å²) >= 11 is 0. The Labute approximate surface area is 199 Å². The van der Waals surface area contributed by atoms with Gasteiger partial charge in [-0.05, 0) is 23.3 Å². The maximum atomic E-state index is 12.0. The number of non-ortho nitro benzene ring substituents is 1. The summed E-state index contributed by atoms with van der Waals surface area (Å²) in [6.07, 6.45) is 0. The summed E-state index contributed by atoms with van der Waals surface area (Å²) in [6, 6.07) is 14.0. The summed E-state index contributed by atoms with van der Waals surface area (Å²) in [7, 11) is 6.89. The molecular weight excluding hydrogens is 513 g/mol. The van der Waals surface area contributed by atoms with E-state index < -0.39 is 4.92 Å². The molecule has 0 unspecified atom stereocenters. The van der Waals surface area contributed by atoms with E-state index in [0.29, 0.717) is 19.0 Å². The highest BCUT2D eigenvalue weighted by Crippen LogP contribution is 2.14. The smallest absolute Gasteiger partial charge is 0.269 e. The second-order valence-electron chi connectivity index (χ2n) is 6.91. The normalized spacial score (nSPS) is 10.6. The molecule has 2 rings (SSSR count). The third-order valence-corrected chi connectivity index (χ3v) is 4.40. The Morgan fingerprint density at radius 2 is 1.65 bits per heavy atom. The molecule has 0 aliphatic heterocycles. The lowest BCUT2D eigenvalue weighted by molar-refractivity contribution is -0.384. The summed E-state index contributed by atoms with van der Waals surface area (Å²) in [6.45, 7) is 1.01. The zero-order valence-electron chi connectivity index (χ0n) is 18.1. The van der Waals surface area contributed by atoms with E-state index in [-0.39, 0.29) is 42.1 Å². The highest BCUT2D eigenvalue weighted by Gasteiger charge is 2.11. The van der Waals surface area contributed by atoms with Crippen molar-refractivity contribution in [2.24, 2.45) is 4.99 Å². The fourth-order valence-corrected chi connectivity index (χ4v) is 2.59. The third-order valence-electron chi connectivity index (χ3n) is 4.40. The molecule has 0 radical (unpaired) electrons. The summed E-state index contributed by atoms with van der Waals surface area (Å²) in [5, 5.41) is 13.9. The van der Waals surface area contributed by atoms with Gasteiger partial charge in [0.25, 0.3) is 5.69 Å². The largest absolute Gasteiger partial charge is 0.497 e. The van der Waals surface area contributed by atoms with Crippen molar-refractivity contribution in [3.63, 3.8) is 0 Å². The van der Waals surface area contributed by atoms with Crippen LogP contribution in [0.4, 0.5) is 5.69 Å². The number of nitro benzene ring substituents is 1. The number of nitrogens with one attached hydrogen (secondary N) is 1. The standard InChI is InChI=1S/C21H27N5O4.HI/c1-24(2)20(27)14-23-21(22-13-16-5-9-18(10-6-16)26(28)29)25(3)15-17-7-11-19(30-4)12-8-17;/h5-12H,13-15H2,1-4H3,(H,22,23);1H. The Hall–Kier alpha value is -2.89. The van der Waals surface area contributed by atoms with E-state index in [4.69, 9.17) is 4.74 Å². The molecule has 0 bridgehead atoms. The van der Waals surface area contributed by atoms with Crippen LogP contribution in [0.1, 0.15) is 11.1 Å². The number of halogens is 1. The highest BCUT2D eigenvalue weighted by atomic mass is 127. The number of hydrogen-bond acceptors (Lipinski definition) is 5. The number of aliphatic imine (C=N–C) groups is 1. The molecule has 168 valence electrons. The molecule has 31 heavy (non-hydrogen) atoms. The number of guanidine groups is 1. The van der Waals surface area contributed by atoms with E-state index >= 15 is 0 Å². The number of ether oxygens (including phenoxy) is 1. The second kappa shape index (κ2) is 12.7. The van der Waals surface area contributed by atoms with Gasteiger partial charge in [-0.1, -0.05) is 24.3 Å². The lowest BCUT2D eigenvalue weighted by Gasteiger charge is -2.23. The Morgan fingerprint density at radius 3 is 2.16 bits per heavy atom. The third kappa shape index (κ3) is 8.40. The van der Waals surface area contributed by atoms with E-state index in [9.17, 15) is 14.9 Å². The van der Waals surface area contributed by atoms with Crippen LogP contribution in [-0.2, 0) is 17.9 Å². The number of rotatable bonds is 8. The van der Waals surface area contributed by atoms with Gasteiger partial charge in [-0.25, -0.2) is 4.99 Å². The van der Waals surface area contributed by atoms with E-state index in [2.05, 4.69) is 10.3 Å². The molecular formula is C21H28IN5O4. The Kier molecular flexibility index (Phi) is 10.7. The summed E-state index contributed by atoms with van der Waals surface area (Å²) in [4.78, 5) is 30.4. The molecule has 0 aromatic heterocycles. The maximum Gasteiger partial charge on any atom is 0.269 e. The predicted octanol–water partition coefficient (Wildman–Crippen LogP) is 2.89. The van der Waals surface area contributed by atoms with Crippen molar-refractivity contribution in [2.75, 3.05) is 34.8 Å². The molecule has 10 heteroatoms. The van der Waals surface area contributed by atoms with Crippen LogP contribution in [0.3, 0.4) is 0 Å². The van der Waals surface area contributed by atoms with Gasteiger partial charge in [0.15, 0.2) is 5.96 Å². The summed E-state index contributed by atoms with van der Waals surface area (Å²) < 4.78 is 5.19. The average Bonchev–Trinajstić information content (AvgIpc) is 2.74. The first-order valence-corrected chi connectivity index (χ1v) is 9.36. The van der Waals surface area contributed by atoms with Gasteiger partial charge in [-0.2, -0.15) is 0 Å². The first kappa shape index (κ1) is 26.1. The number of nitrogens with zero attached hydrogens (tertiary/aromatic N) is 4. The molecule has 9 nitrogen and oxygen atoms in total. The molecule has 0 aliphatic carbocycles. The maximum absolute atomic E-state index is 12.0. The van der Waals surface area contributed by atoms with Crippen molar-refractivity contribution in [3.8, 4) is 5.75 Å². The highest BCUT2D eigenvalue weighted by molar-refractivity contribution is 14.0. The van der Waals surface area contributed by atoms with Crippen molar-refractivity contribution in [2.45, 2.75) is 13.1 Å². The molecule has 0 heterocycles. The van der Waals surface area contributed by atoms with Crippen LogP contribution in [0, 0.1) is 10.1 Å². The van der Waals surface area contributed by atoms with Crippen molar-refractivity contribution in [1.29, 1.82) is 0 Å². The number of benzene rings is 2. The van der Waals surface area contributed by atoms with Crippen LogP contribution in [0.25, 0.3) is 0 Å². The summed E-state index contributed by atoms with van der Waals surface area (Å²) in [5.74, 6) is 1.26. The van der Waals surface area contributed by atoms with E-state index in [0.717, 1.165) is 16.9 Å². The first-order chi connectivity index (χ1) is 14.3. The number of methoxy groups -OCH3 is 1. The monoisotopic (exact) mass is 541 g/mol. The molecule has 0 spiro atoms. The second-order valence-corrected chi connectivity index (χ2v) is 6.91. The van der Waals surface area contributed by atoms with Crippen molar-refractivity contribution in [3.05, 3.63) is 69.8 Å². The van der Waals surface area contributed by atoms with Crippen molar-refractivity contribution >= 4 is 41.5 Å². The molecule has 0 saturated heterocycles. The Balaban J connectivity index is 0.00000480. The number of nitro groups is 1. The molecule has 2 aromatic rings. The fraction of sp³-hybridized carbons (Fsp3) is 0.333. The topological polar surface area (TPSA) is 100 Å². The molecule has 0 saturated carbocycles. The molecule has 0 aliphatic rings. The van der Waals surface area contributed by atoms with Gasteiger partial charge < -0.3 is 19.9 Å². The first-order valence-electron chi connectivity index (χ1n) is 9.36. The minimum atomic E-state index is -0.435. The minimum Gasteiger partial charge on any atom is -0.497 e. The minimum absolute atomic E-state index is 0. The van der Waals surface area contributed by atoms with Crippen LogP contribution in [0.2, 0.25) is 0 Å². The van der Waals surface area contributed by atoms with Gasteiger partial charge in [-0.15, -0.1) is 24.0 Å². The molecule has 0 atom stereocenters. The average molecular weight is 541 g/mol. The van der Waals surface area contributed by atoms with Crippen LogP contribution < -0.4 is 10.1 Å². The number of carbonyl (C=O) groups is 1. The van der Waals surface area contributed by atoms with Crippen LogP contribution in [0.5, 0.6) is 5.75 Å². The van der Waals surface area contributed by atoms with Crippen LogP contribution in [0.15, 0.2) is 53.5 Å². The van der Waals surface area contributed by atoms with Crippen LogP contribution >= 0.6 is 24.0 Å². The zero-order chi connectivity index (χ0) is 22.1. The van der Waals surface area contributed by atoms with Gasteiger partial charge in [0, 0.05) is 39.8 Å². The number of carbonyl (C=O) groups excluding carboxylic acids is 1. The number of hydrogen-bond donors (Lipinski definition) is 1. The molecule has 1 amide bonds. The Bertz CT molecular complexity index is 886. The molecule has 1 N–H and O–H groups in total.